The Morgan fingerprint density at radius 3 is 2.27 bits per heavy atom. The van der Waals surface area contributed by atoms with Gasteiger partial charge in [-0.15, -0.1) is 0 Å². The van der Waals surface area contributed by atoms with Crippen molar-refractivity contribution in [2.75, 3.05) is 13.2 Å². The Bertz CT molecular complexity index is 1280. The lowest BCUT2D eigenvalue weighted by atomic mass is 9.43. The number of hydrogen-bond acceptors (Lipinski definition) is 14. The molecule has 0 aromatic rings. The summed E-state index contributed by atoms with van der Waals surface area (Å²) in [5.74, 6) is -0.134. The number of cyclic esters (lactones) is 1. The zero-order valence-electron chi connectivity index (χ0n) is 28.4. The van der Waals surface area contributed by atoms with E-state index in [-0.39, 0.29) is 42.3 Å². The minimum Gasteiger partial charge on any atom is -0.458 e. The predicted octanol–water partition coefficient (Wildman–Crippen LogP) is -0.749. The van der Waals surface area contributed by atoms with Crippen LogP contribution in [-0.4, -0.2) is 139 Å². The van der Waals surface area contributed by atoms with Crippen molar-refractivity contribution in [2.45, 2.75) is 151 Å². The Kier molecular flexibility index (Phi) is 9.57. The van der Waals surface area contributed by atoms with Crippen LogP contribution < -0.4 is 0 Å². The van der Waals surface area contributed by atoms with Crippen LogP contribution in [0.4, 0.5) is 0 Å². The standard InChI is InChI=1S/C35H54O14/c1-15-30(49-32-28(42)26(40)25(39)22(13-36)48-32)27(41)29(43)31(46-15)47-18-6-8-33(2)17(11-18)4-5-20-19(33)7-9-34(3)24(16-10-23(38)45-14-16)21(37)12-35(20,34)44/h10,15,17-22,24-32,36-37,39-44H,4-9,11-14H2,1-3H3. The van der Waals surface area contributed by atoms with Crippen molar-refractivity contribution in [3.63, 3.8) is 0 Å². The highest BCUT2D eigenvalue weighted by atomic mass is 16.7. The van der Waals surface area contributed by atoms with E-state index in [4.69, 9.17) is 23.7 Å². The molecule has 7 rings (SSSR count). The molecule has 19 atom stereocenters. The summed E-state index contributed by atoms with van der Waals surface area (Å²) in [5.41, 5.74) is -0.899. The molecule has 0 aromatic carbocycles. The maximum Gasteiger partial charge on any atom is 0.331 e. The summed E-state index contributed by atoms with van der Waals surface area (Å²) in [5, 5.41) is 86.0. The zero-order valence-corrected chi connectivity index (χ0v) is 28.4. The quantitative estimate of drug-likeness (QED) is 0.126. The van der Waals surface area contributed by atoms with Crippen LogP contribution in [-0.2, 0) is 28.5 Å². The second-order valence-corrected chi connectivity index (χ2v) is 16.5. The van der Waals surface area contributed by atoms with Crippen LogP contribution >= 0.6 is 0 Å². The van der Waals surface area contributed by atoms with E-state index in [0.717, 1.165) is 44.1 Å². The van der Waals surface area contributed by atoms with Crippen LogP contribution in [0.1, 0.15) is 72.1 Å². The molecule has 4 saturated carbocycles. The van der Waals surface area contributed by atoms with Gasteiger partial charge in [-0.25, -0.2) is 4.79 Å². The summed E-state index contributed by atoms with van der Waals surface area (Å²) in [7, 11) is 0. The smallest absolute Gasteiger partial charge is 0.331 e. The molecular weight excluding hydrogens is 644 g/mol. The van der Waals surface area contributed by atoms with Crippen LogP contribution in [0.3, 0.4) is 0 Å². The maximum absolute atomic E-state index is 12.5. The van der Waals surface area contributed by atoms with Gasteiger partial charge in [-0.2, -0.15) is 0 Å². The highest BCUT2D eigenvalue weighted by Crippen LogP contribution is 2.70. The third-order valence-corrected chi connectivity index (χ3v) is 14.1. The Morgan fingerprint density at radius 1 is 0.857 bits per heavy atom. The summed E-state index contributed by atoms with van der Waals surface area (Å²) in [6, 6.07) is 0. The van der Waals surface area contributed by atoms with Crippen LogP contribution in [0.15, 0.2) is 11.6 Å². The fourth-order valence-corrected chi connectivity index (χ4v) is 11.4. The largest absolute Gasteiger partial charge is 0.458 e. The van der Waals surface area contributed by atoms with Crippen molar-refractivity contribution in [2.24, 2.45) is 34.5 Å². The van der Waals surface area contributed by atoms with E-state index >= 15 is 0 Å². The van der Waals surface area contributed by atoms with E-state index in [0.29, 0.717) is 12.3 Å². The van der Waals surface area contributed by atoms with Gasteiger partial charge in [0.15, 0.2) is 12.6 Å². The molecule has 49 heavy (non-hydrogen) atoms. The van der Waals surface area contributed by atoms with Crippen LogP contribution in [0, 0.1) is 34.5 Å². The minimum atomic E-state index is -1.67. The van der Waals surface area contributed by atoms with Crippen molar-refractivity contribution in [3.05, 3.63) is 11.6 Å². The Labute approximate surface area is 285 Å². The van der Waals surface area contributed by atoms with E-state index in [1.54, 1.807) is 6.92 Å². The molecule has 0 radical (unpaired) electrons. The topological polar surface area (TPSA) is 225 Å². The normalized spacial score (nSPS) is 56.0. The van der Waals surface area contributed by atoms with Crippen molar-refractivity contribution in [1.82, 2.24) is 0 Å². The molecule has 4 aliphatic carbocycles. The summed E-state index contributed by atoms with van der Waals surface area (Å²) < 4.78 is 28.7. The van der Waals surface area contributed by atoms with Gasteiger partial charge in [0.2, 0.25) is 0 Å². The molecular formula is C35H54O14. The van der Waals surface area contributed by atoms with Crippen molar-refractivity contribution < 1.29 is 69.3 Å². The average Bonchev–Trinajstić information content (AvgIpc) is 3.57. The summed E-state index contributed by atoms with van der Waals surface area (Å²) in [6.45, 7) is 5.57. The molecule has 14 heteroatoms. The van der Waals surface area contributed by atoms with Gasteiger partial charge in [-0.1, -0.05) is 13.8 Å². The summed E-state index contributed by atoms with van der Waals surface area (Å²) in [4.78, 5) is 11.9. The molecule has 278 valence electrons. The van der Waals surface area contributed by atoms with E-state index in [9.17, 15) is 45.6 Å². The number of carbonyl (C=O) groups excluding carboxylic acids is 1. The summed E-state index contributed by atoms with van der Waals surface area (Å²) in [6.07, 6.45) is -7.24. The van der Waals surface area contributed by atoms with Crippen LogP contribution in [0.2, 0.25) is 0 Å². The van der Waals surface area contributed by atoms with E-state index in [1.807, 2.05) is 0 Å². The number of ether oxygens (including phenoxy) is 5. The molecule has 3 aliphatic heterocycles. The fourth-order valence-electron chi connectivity index (χ4n) is 11.4. The Morgan fingerprint density at radius 2 is 1.57 bits per heavy atom. The highest BCUT2D eigenvalue weighted by molar-refractivity contribution is 5.85. The minimum absolute atomic E-state index is 0.0170. The third kappa shape index (κ3) is 5.64. The second-order valence-electron chi connectivity index (χ2n) is 16.5. The summed E-state index contributed by atoms with van der Waals surface area (Å²) >= 11 is 0. The lowest BCUT2D eigenvalue weighted by Crippen LogP contribution is -2.64. The third-order valence-electron chi connectivity index (χ3n) is 14.1. The first-order valence-corrected chi connectivity index (χ1v) is 18.0. The van der Waals surface area contributed by atoms with Gasteiger partial charge in [0.25, 0.3) is 0 Å². The first-order valence-electron chi connectivity index (χ1n) is 18.0. The van der Waals surface area contributed by atoms with E-state index in [2.05, 4.69) is 13.8 Å². The number of carbonyl (C=O) groups is 1. The molecule has 14 nitrogen and oxygen atoms in total. The molecule has 0 amide bonds. The Balaban J connectivity index is 0.987. The van der Waals surface area contributed by atoms with Gasteiger partial charge in [-0.05, 0) is 80.6 Å². The van der Waals surface area contributed by atoms with Gasteiger partial charge in [0, 0.05) is 23.8 Å². The zero-order chi connectivity index (χ0) is 35.2. The Hall–Kier alpha value is -1.27. The van der Waals surface area contributed by atoms with Gasteiger partial charge in [0.05, 0.1) is 30.5 Å². The van der Waals surface area contributed by atoms with Crippen molar-refractivity contribution in [3.8, 4) is 0 Å². The number of aliphatic hydroxyl groups is 8. The molecule has 2 saturated heterocycles. The molecule has 6 fully saturated rings. The lowest BCUT2D eigenvalue weighted by molar-refractivity contribution is -0.360. The molecule has 0 bridgehead atoms. The highest BCUT2D eigenvalue weighted by Gasteiger charge is 2.70. The second kappa shape index (κ2) is 13.0. The molecule has 0 spiro atoms. The van der Waals surface area contributed by atoms with Gasteiger partial charge in [-0.3, -0.25) is 0 Å². The number of aliphatic hydroxyl groups excluding tert-OH is 7. The lowest BCUT2D eigenvalue weighted by Gasteiger charge is -2.63. The van der Waals surface area contributed by atoms with Crippen molar-refractivity contribution in [1.29, 1.82) is 0 Å². The molecule has 3 heterocycles. The van der Waals surface area contributed by atoms with E-state index < -0.39 is 91.1 Å². The number of hydrogen-bond donors (Lipinski definition) is 8. The average molecular weight is 699 g/mol. The van der Waals surface area contributed by atoms with Gasteiger partial charge >= 0.3 is 5.97 Å². The van der Waals surface area contributed by atoms with Gasteiger partial charge in [0.1, 0.15) is 49.3 Å². The number of fused-ring (bicyclic) bond motifs is 5. The molecule has 0 aromatic heterocycles. The SMILES string of the molecule is CC1OC(OC2CCC3(C)C(CCC4C3CCC3(C)C(C5=CC(=O)OC5)C(O)CC43O)C2)C(O)C(O)C1OC1OC(CO)C(O)C(O)C1O. The first-order chi connectivity index (χ1) is 23.1. The molecule has 19 unspecified atom stereocenters. The molecule has 7 aliphatic rings. The number of esters is 1. The molecule has 8 N–H and O–H groups in total. The van der Waals surface area contributed by atoms with E-state index in [1.165, 1.54) is 6.08 Å². The first kappa shape index (κ1) is 36.1. The van der Waals surface area contributed by atoms with Gasteiger partial charge < -0.3 is 64.5 Å². The maximum atomic E-state index is 12.5. The van der Waals surface area contributed by atoms with Crippen LogP contribution in [0.25, 0.3) is 0 Å². The van der Waals surface area contributed by atoms with Crippen LogP contribution in [0.5, 0.6) is 0 Å². The predicted molar refractivity (Wildman–Crippen MR) is 167 cm³/mol. The monoisotopic (exact) mass is 698 g/mol. The van der Waals surface area contributed by atoms with Crippen molar-refractivity contribution >= 4 is 5.97 Å². The number of rotatable bonds is 6. The fraction of sp³-hybridized carbons (Fsp3) is 0.914.